The monoisotopic (exact) mass is 274 g/mol. The van der Waals surface area contributed by atoms with Gasteiger partial charge in [0.1, 0.15) is 0 Å². The zero-order chi connectivity index (χ0) is 11.6. The molecule has 82 valence electrons. The van der Waals surface area contributed by atoms with E-state index in [2.05, 4.69) is 15.9 Å². The topological polar surface area (TPSA) is 89.4 Å². The molecule has 0 aliphatic rings. The number of nitro groups is 1. The number of nitrogens with zero attached hydrogens (tertiary/aromatic N) is 1. The van der Waals surface area contributed by atoms with Gasteiger partial charge in [-0.05, 0) is 19.1 Å². The Kier molecular flexibility index (Phi) is 3.43. The lowest BCUT2D eigenvalue weighted by Gasteiger charge is -2.21. The van der Waals surface area contributed by atoms with Gasteiger partial charge in [0.15, 0.2) is 0 Å². The van der Waals surface area contributed by atoms with E-state index >= 15 is 0 Å². The molecule has 0 aliphatic heterocycles. The van der Waals surface area contributed by atoms with Crippen LogP contribution >= 0.6 is 15.9 Å². The SMILES string of the molecule is CC(N)(CO)c1ccc(Br)cc1[N+](=O)[O-]. The van der Waals surface area contributed by atoms with Crippen molar-refractivity contribution in [2.24, 2.45) is 5.73 Å². The number of hydrogen-bond acceptors (Lipinski definition) is 4. The van der Waals surface area contributed by atoms with Crippen LogP contribution < -0.4 is 5.73 Å². The van der Waals surface area contributed by atoms with Crippen LogP contribution in [-0.2, 0) is 5.54 Å². The Morgan fingerprint density at radius 2 is 2.27 bits per heavy atom. The van der Waals surface area contributed by atoms with E-state index in [1.165, 1.54) is 6.07 Å². The molecule has 1 aromatic rings. The van der Waals surface area contributed by atoms with Crippen molar-refractivity contribution in [1.82, 2.24) is 0 Å². The van der Waals surface area contributed by atoms with Crippen LogP contribution in [0.5, 0.6) is 0 Å². The maximum absolute atomic E-state index is 10.8. The van der Waals surface area contributed by atoms with Gasteiger partial charge in [0.05, 0.1) is 22.6 Å². The second kappa shape index (κ2) is 4.26. The van der Waals surface area contributed by atoms with Crippen molar-refractivity contribution in [2.75, 3.05) is 6.61 Å². The predicted octanol–water partition coefficient (Wildman–Crippen LogP) is 1.52. The number of nitrogens with two attached hydrogens (primary N) is 1. The highest BCUT2D eigenvalue weighted by Crippen LogP contribution is 2.30. The Bertz CT molecular complexity index is 393. The fraction of sp³-hybridized carbons (Fsp3) is 0.333. The molecule has 1 aromatic carbocycles. The number of benzene rings is 1. The third-order valence-corrected chi connectivity index (χ3v) is 2.59. The fourth-order valence-corrected chi connectivity index (χ4v) is 1.57. The molecule has 0 aromatic heterocycles. The van der Waals surface area contributed by atoms with Crippen LogP contribution in [0.4, 0.5) is 5.69 Å². The minimum Gasteiger partial charge on any atom is -0.394 e. The van der Waals surface area contributed by atoms with Crippen molar-refractivity contribution < 1.29 is 10.0 Å². The quantitative estimate of drug-likeness (QED) is 0.646. The summed E-state index contributed by atoms with van der Waals surface area (Å²) in [5.74, 6) is 0. The lowest BCUT2D eigenvalue weighted by molar-refractivity contribution is -0.386. The van der Waals surface area contributed by atoms with Gasteiger partial charge in [0.25, 0.3) is 5.69 Å². The molecule has 3 N–H and O–H groups in total. The molecule has 5 nitrogen and oxygen atoms in total. The van der Waals surface area contributed by atoms with Crippen LogP contribution in [0.15, 0.2) is 22.7 Å². The first-order chi connectivity index (χ1) is 6.88. The maximum Gasteiger partial charge on any atom is 0.275 e. The molecule has 0 aliphatic carbocycles. The summed E-state index contributed by atoms with van der Waals surface area (Å²) in [6, 6.07) is 4.57. The molecular weight excluding hydrogens is 264 g/mol. The molecule has 0 fully saturated rings. The van der Waals surface area contributed by atoms with Crippen molar-refractivity contribution in [3.05, 3.63) is 38.3 Å². The predicted molar refractivity (Wildman–Crippen MR) is 59.4 cm³/mol. The van der Waals surface area contributed by atoms with Gasteiger partial charge in [-0.3, -0.25) is 10.1 Å². The number of halogens is 1. The van der Waals surface area contributed by atoms with E-state index in [9.17, 15) is 10.1 Å². The summed E-state index contributed by atoms with van der Waals surface area (Å²) in [5.41, 5.74) is 4.87. The van der Waals surface area contributed by atoms with Crippen LogP contribution in [0, 0.1) is 10.1 Å². The first kappa shape index (κ1) is 12.1. The molecule has 0 saturated carbocycles. The summed E-state index contributed by atoms with van der Waals surface area (Å²) in [6.45, 7) is 1.19. The average Bonchev–Trinajstić information content (AvgIpc) is 2.17. The highest BCUT2D eigenvalue weighted by atomic mass is 79.9. The summed E-state index contributed by atoms with van der Waals surface area (Å²) in [4.78, 5) is 10.3. The zero-order valence-electron chi connectivity index (χ0n) is 8.11. The molecule has 6 heteroatoms. The summed E-state index contributed by atoms with van der Waals surface area (Å²) < 4.78 is 0.603. The maximum atomic E-state index is 10.8. The third-order valence-electron chi connectivity index (χ3n) is 2.10. The lowest BCUT2D eigenvalue weighted by atomic mass is 9.93. The highest BCUT2D eigenvalue weighted by molar-refractivity contribution is 9.10. The van der Waals surface area contributed by atoms with E-state index in [1.54, 1.807) is 19.1 Å². The van der Waals surface area contributed by atoms with Crippen molar-refractivity contribution in [2.45, 2.75) is 12.5 Å². The Morgan fingerprint density at radius 3 is 2.73 bits per heavy atom. The van der Waals surface area contributed by atoms with Gasteiger partial charge >= 0.3 is 0 Å². The minimum atomic E-state index is -1.11. The molecule has 0 saturated heterocycles. The van der Waals surface area contributed by atoms with Gasteiger partial charge in [0, 0.05) is 10.5 Å². The van der Waals surface area contributed by atoms with Gasteiger partial charge < -0.3 is 10.8 Å². The zero-order valence-corrected chi connectivity index (χ0v) is 9.69. The van der Waals surface area contributed by atoms with Crippen molar-refractivity contribution in [3.63, 3.8) is 0 Å². The Morgan fingerprint density at radius 1 is 1.67 bits per heavy atom. The molecule has 0 radical (unpaired) electrons. The smallest absolute Gasteiger partial charge is 0.275 e. The summed E-state index contributed by atoms with van der Waals surface area (Å²) >= 11 is 3.15. The van der Waals surface area contributed by atoms with Gasteiger partial charge in [-0.25, -0.2) is 0 Å². The van der Waals surface area contributed by atoms with Crippen molar-refractivity contribution in [3.8, 4) is 0 Å². The van der Waals surface area contributed by atoms with Crippen LogP contribution in [0.2, 0.25) is 0 Å². The van der Waals surface area contributed by atoms with Crippen LogP contribution in [-0.4, -0.2) is 16.6 Å². The summed E-state index contributed by atoms with van der Waals surface area (Å²) in [7, 11) is 0. The normalized spacial score (nSPS) is 14.7. The molecule has 0 bridgehead atoms. The van der Waals surface area contributed by atoms with Crippen LogP contribution in [0.25, 0.3) is 0 Å². The molecule has 1 atom stereocenters. The number of aliphatic hydroxyl groups is 1. The molecule has 1 unspecified atom stereocenters. The van der Waals surface area contributed by atoms with E-state index in [4.69, 9.17) is 10.8 Å². The molecule has 15 heavy (non-hydrogen) atoms. The number of hydrogen-bond donors (Lipinski definition) is 2. The summed E-state index contributed by atoms with van der Waals surface area (Å²) in [5, 5.41) is 19.8. The fourth-order valence-electron chi connectivity index (χ4n) is 1.22. The number of nitro benzene ring substituents is 1. The highest BCUT2D eigenvalue weighted by Gasteiger charge is 2.28. The molecule has 0 amide bonds. The molecular formula is C9H11BrN2O3. The van der Waals surface area contributed by atoms with E-state index in [0.717, 1.165) is 0 Å². The Balaban J connectivity index is 3.35. The van der Waals surface area contributed by atoms with Crippen LogP contribution in [0.3, 0.4) is 0 Å². The number of rotatable bonds is 3. The van der Waals surface area contributed by atoms with Gasteiger partial charge in [-0.2, -0.15) is 0 Å². The van der Waals surface area contributed by atoms with E-state index in [-0.39, 0.29) is 12.3 Å². The lowest BCUT2D eigenvalue weighted by Crippen LogP contribution is -2.37. The van der Waals surface area contributed by atoms with E-state index in [0.29, 0.717) is 10.0 Å². The number of aliphatic hydroxyl groups excluding tert-OH is 1. The van der Waals surface area contributed by atoms with Gasteiger partial charge in [-0.1, -0.05) is 15.9 Å². The molecule has 0 spiro atoms. The second-order valence-electron chi connectivity index (χ2n) is 3.49. The molecule has 1 rings (SSSR count). The van der Waals surface area contributed by atoms with Crippen LogP contribution in [0.1, 0.15) is 12.5 Å². The first-order valence-electron chi connectivity index (χ1n) is 4.22. The minimum absolute atomic E-state index is 0.0941. The second-order valence-corrected chi connectivity index (χ2v) is 4.41. The largest absolute Gasteiger partial charge is 0.394 e. The Labute approximate surface area is 95.2 Å². The first-order valence-corrected chi connectivity index (χ1v) is 5.02. The standard InChI is InChI=1S/C9H11BrN2O3/c1-9(11,5-13)7-3-2-6(10)4-8(7)12(14)15/h2-4,13H,5,11H2,1H3. The summed E-state index contributed by atoms with van der Waals surface area (Å²) in [6.07, 6.45) is 0. The van der Waals surface area contributed by atoms with Gasteiger partial charge in [0.2, 0.25) is 0 Å². The van der Waals surface area contributed by atoms with Crippen molar-refractivity contribution in [1.29, 1.82) is 0 Å². The Hall–Kier alpha value is -0.980. The molecule has 0 heterocycles. The van der Waals surface area contributed by atoms with E-state index < -0.39 is 10.5 Å². The van der Waals surface area contributed by atoms with Crippen molar-refractivity contribution >= 4 is 21.6 Å². The third kappa shape index (κ3) is 2.53. The van der Waals surface area contributed by atoms with E-state index in [1.807, 2.05) is 0 Å². The average molecular weight is 275 g/mol. The van der Waals surface area contributed by atoms with Gasteiger partial charge in [-0.15, -0.1) is 0 Å².